The van der Waals surface area contributed by atoms with Crippen LogP contribution in [0.25, 0.3) is 33.4 Å². The number of para-hydroxylation sites is 2. The van der Waals surface area contributed by atoms with Gasteiger partial charge in [-0.05, 0) is 131 Å². The van der Waals surface area contributed by atoms with Crippen molar-refractivity contribution in [3.8, 4) is 45.5 Å². The molecule has 0 atom stereocenters. The second-order valence-electron chi connectivity index (χ2n) is 13.8. The smallest absolute Gasteiger partial charge is 0.101 e. The maximum absolute atomic E-state index is 10.1. The predicted molar refractivity (Wildman–Crippen MR) is 231 cm³/mol. The maximum Gasteiger partial charge on any atom is 0.101 e. The fourth-order valence-corrected chi connectivity index (χ4v) is 7.38. The Labute approximate surface area is 329 Å². The molecule has 0 heterocycles. The minimum absolute atomic E-state index is 0.603. The Kier molecular flexibility index (Phi) is 9.95. The van der Waals surface area contributed by atoms with Crippen LogP contribution in [0.15, 0.2) is 194 Å². The summed E-state index contributed by atoms with van der Waals surface area (Å²) in [6, 6.07) is 71.1. The molecule has 0 amide bonds. The zero-order valence-corrected chi connectivity index (χ0v) is 31.3. The zero-order valence-electron chi connectivity index (χ0n) is 31.3. The molecule has 0 aliphatic heterocycles. The summed E-state index contributed by atoms with van der Waals surface area (Å²) >= 11 is 0. The van der Waals surface area contributed by atoms with E-state index in [1.807, 2.05) is 84.9 Å². The highest BCUT2D eigenvalue weighted by molar-refractivity contribution is 5.86. The van der Waals surface area contributed by atoms with Crippen LogP contribution in [0.3, 0.4) is 0 Å². The number of hydrogen-bond donors (Lipinski definition) is 0. The fraction of sp³-hybridized carbons (Fsp3) is 0.0385. The van der Waals surface area contributed by atoms with E-state index in [4.69, 9.17) is 0 Å². The van der Waals surface area contributed by atoms with Crippen LogP contribution < -0.4 is 9.80 Å². The number of benzene rings is 8. The van der Waals surface area contributed by atoms with Crippen molar-refractivity contribution in [3.05, 3.63) is 216 Å². The van der Waals surface area contributed by atoms with Gasteiger partial charge in [0.15, 0.2) is 0 Å². The zero-order chi connectivity index (χ0) is 38.4. The topological polar surface area (TPSA) is 54.1 Å². The Bertz CT molecular complexity index is 2530. The predicted octanol–water partition coefficient (Wildman–Crippen LogP) is 14.0. The van der Waals surface area contributed by atoms with Crippen molar-refractivity contribution in [1.29, 1.82) is 10.5 Å². The number of rotatable bonds is 9. The summed E-state index contributed by atoms with van der Waals surface area (Å²) in [4.78, 5) is 4.35. The maximum atomic E-state index is 10.1. The molecule has 0 aliphatic carbocycles. The lowest BCUT2D eigenvalue weighted by Gasteiger charge is -2.29. The van der Waals surface area contributed by atoms with Gasteiger partial charge in [0, 0.05) is 22.7 Å². The minimum Gasteiger partial charge on any atom is -0.309 e. The molecule has 4 nitrogen and oxygen atoms in total. The third-order valence-corrected chi connectivity index (χ3v) is 10.2. The van der Waals surface area contributed by atoms with E-state index < -0.39 is 0 Å². The van der Waals surface area contributed by atoms with Crippen LogP contribution in [0, 0.1) is 36.5 Å². The average Bonchev–Trinajstić information content (AvgIpc) is 3.26. The van der Waals surface area contributed by atoms with Crippen LogP contribution >= 0.6 is 0 Å². The van der Waals surface area contributed by atoms with Crippen molar-refractivity contribution in [2.45, 2.75) is 13.8 Å². The molecule has 0 aromatic heterocycles. The number of anilines is 6. The molecule has 8 rings (SSSR count). The molecule has 0 N–H and O–H groups in total. The Balaban J connectivity index is 1.16. The molecule has 4 heteroatoms. The van der Waals surface area contributed by atoms with Gasteiger partial charge in [0.2, 0.25) is 0 Å². The quantitative estimate of drug-likeness (QED) is 0.149. The second-order valence-corrected chi connectivity index (χ2v) is 13.8. The Morgan fingerprint density at radius 3 is 1.00 bits per heavy atom. The number of nitriles is 2. The monoisotopic (exact) mass is 718 g/mol. The van der Waals surface area contributed by atoms with Gasteiger partial charge in [-0.3, -0.25) is 0 Å². The first kappa shape index (κ1) is 35.4. The van der Waals surface area contributed by atoms with Gasteiger partial charge in [0.1, 0.15) is 12.1 Å². The van der Waals surface area contributed by atoms with Crippen LogP contribution in [0.1, 0.15) is 22.3 Å². The van der Waals surface area contributed by atoms with Crippen molar-refractivity contribution in [2.24, 2.45) is 0 Å². The van der Waals surface area contributed by atoms with Crippen molar-refractivity contribution < 1.29 is 0 Å². The number of aryl methyl sites for hydroxylation is 2. The molecular weight excluding hydrogens is 681 g/mol. The van der Waals surface area contributed by atoms with E-state index in [-0.39, 0.29) is 0 Å². The van der Waals surface area contributed by atoms with Crippen LogP contribution in [0.5, 0.6) is 0 Å². The molecule has 0 saturated heterocycles. The molecule has 0 fully saturated rings. The molecule has 0 bridgehead atoms. The van der Waals surface area contributed by atoms with Crippen molar-refractivity contribution in [2.75, 3.05) is 9.80 Å². The van der Waals surface area contributed by atoms with E-state index in [1.54, 1.807) is 0 Å². The van der Waals surface area contributed by atoms with Gasteiger partial charge in [0.25, 0.3) is 0 Å². The standard InChI is InChI=1S/C52H38N4/c1-37-33-43(25-31-49(37)55(51-19-11-9-17-45(51)35-53)47-27-21-41(22-28-47)39-13-5-3-6-14-39)44-26-32-50(38(2)34-44)56(52-20-12-10-18-46(52)36-54)48-29-23-42(24-30-48)40-15-7-4-8-16-40/h3-34H,1-2H3. The summed E-state index contributed by atoms with van der Waals surface area (Å²) in [6.45, 7) is 4.25. The number of nitrogens with zero attached hydrogens (tertiary/aromatic N) is 4. The van der Waals surface area contributed by atoms with Gasteiger partial charge < -0.3 is 9.80 Å². The summed E-state index contributed by atoms with van der Waals surface area (Å²) < 4.78 is 0. The largest absolute Gasteiger partial charge is 0.309 e. The molecular formula is C52H38N4. The van der Waals surface area contributed by atoms with E-state index in [9.17, 15) is 10.5 Å². The molecule has 0 aliphatic rings. The van der Waals surface area contributed by atoms with Gasteiger partial charge in [-0.15, -0.1) is 0 Å². The summed E-state index contributed by atoms with van der Waals surface area (Å²) in [6.07, 6.45) is 0. The SMILES string of the molecule is Cc1cc(-c2ccc(N(c3ccc(-c4ccccc4)cc3)c3ccccc3C#N)c(C)c2)ccc1N(c1ccc(-c2ccccc2)cc1)c1ccccc1C#N. The number of hydrogen-bond acceptors (Lipinski definition) is 4. The van der Waals surface area contributed by atoms with Gasteiger partial charge in [-0.2, -0.15) is 10.5 Å². The fourth-order valence-electron chi connectivity index (χ4n) is 7.38. The van der Waals surface area contributed by atoms with E-state index in [0.717, 1.165) is 78.6 Å². The molecule has 0 spiro atoms. The third kappa shape index (κ3) is 7.04. The average molecular weight is 719 g/mol. The van der Waals surface area contributed by atoms with Crippen LogP contribution in [-0.4, -0.2) is 0 Å². The molecule has 266 valence electrons. The Morgan fingerprint density at radius 1 is 0.321 bits per heavy atom. The van der Waals surface area contributed by atoms with E-state index in [2.05, 4.69) is 145 Å². The lowest BCUT2D eigenvalue weighted by atomic mass is 9.98. The highest BCUT2D eigenvalue weighted by Gasteiger charge is 2.21. The van der Waals surface area contributed by atoms with Crippen LogP contribution in [-0.2, 0) is 0 Å². The molecule has 0 saturated carbocycles. The second kappa shape index (κ2) is 15.7. The highest BCUT2D eigenvalue weighted by atomic mass is 15.2. The Hall–Kier alpha value is -7.66. The molecule has 0 radical (unpaired) electrons. The summed E-state index contributed by atoms with van der Waals surface area (Å²) in [7, 11) is 0. The molecule has 56 heavy (non-hydrogen) atoms. The van der Waals surface area contributed by atoms with E-state index in [0.29, 0.717) is 11.1 Å². The molecule has 8 aromatic rings. The molecule has 0 unspecified atom stereocenters. The summed E-state index contributed by atoms with van der Waals surface area (Å²) in [5.41, 5.74) is 15.7. The minimum atomic E-state index is 0.603. The lowest BCUT2D eigenvalue weighted by Crippen LogP contribution is -2.13. The first-order valence-corrected chi connectivity index (χ1v) is 18.6. The normalized spacial score (nSPS) is 10.6. The van der Waals surface area contributed by atoms with E-state index >= 15 is 0 Å². The summed E-state index contributed by atoms with van der Waals surface area (Å²) in [5, 5.41) is 20.3. The van der Waals surface area contributed by atoms with Gasteiger partial charge in [-0.25, -0.2) is 0 Å². The van der Waals surface area contributed by atoms with Gasteiger partial charge in [0.05, 0.1) is 22.5 Å². The first-order valence-electron chi connectivity index (χ1n) is 18.6. The van der Waals surface area contributed by atoms with Gasteiger partial charge in [-0.1, -0.05) is 121 Å². The van der Waals surface area contributed by atoms with Crippen molar-refractivity contribution in [1.82, 2.24) is 0 Å². The lowest BCUT2D eigenvalue weighted by molar-refractivity contribution is 1.23. The van der Waals surface area contributed by atoms with Crippen molar-refractivity contribution in [3.63, 3.8) is 0 Å². The third-order valence-electron chi connectivity index (χ3n) is 10.2. The first-order chi connectivity index (χ1) is 27.5. The van der Waals surface area contributed by atoms with Crippen LogP contribution in [0.2, 0.25) is 0 Å². The molecule has 8 aromatic carbocycles. The van der Waals surface area contributed by atoms with Crippen LogP contribution in [0.4, 0.5) is 34.1 Å². The van der Waals surface area contributed by atoms with Gasteiger partial charge >= 0.3 is 0 Å². The van der Waals surface area contributed by atoms with Crippen molar-refractivity contribution >= 4 is 34.1 Å². The Morgan fingerprint density at radius 2 is 0.643 bits per heavy atom. The summed E-state index contributed by atoms with van der Waals surface area (Å²) in [5.74, 6) is 0. The van der Waals surface area contributed by atoms with E-state index in [1.165, 1.54) is 0 Å². The highest BCUT2D eigenvalue weighted by Crippen LogP contribution is 2.43.